The Morgan fingerprint density at radius 3 is 2.83 bits per heavy atom. The number of amides is 1. The summed E-state index contributed by atoms with van der Waals surface area (Å²) in [6.07, 6.45) is 5.62. The number of aryl methyl sites for hydroxylation is 1. The molecule has 2 aliphatic rings. The van der Waals surface area contributed by atoms with E-state index in [0.717, 1.165) is 27.9 Å². The molecule has 5 heterocycles. The maximum Gasteiger partial charge on any atom is 0.345 e. The van der Waals surface area contributed by atoms with E-state index in [1.807, 2.05) is 30.2 Å². The predicted molar refractivity (Wildman–Crippen MR) is 108 cm³/mol. The molecule has 3 aromatic rings. The van der Waals surface area contributed by atoms with Crippen LogP contribution in [0.25, 0.3) is 5.52 Å². The third-order valence-electron chi connectivity index (χ3n) is 5.94. The van der Waals surface area contributed by atoms with E-state index in [9.17, 15) is 14.7 Å². The van der Waals surface area contributed by atoms with Crippen molar-refractivity contribution in [3.8, 4) is 0 Å². The van der Waals surface area contributed by atoms with E-state index in [1.165, 1.54) is 11.3 Å². The molecule has 3 aromatic heterocycles. The third kappa shape index (κ3) is 2.94. The number of carboxylic acids is 1. The number of likely N-dealkylation sites (tertiary alicyclic amines) is 1. The van der Waals surface area contributed by atoms with E-state index in [4.69, 9.17) is 4.74 Å². The van der Waals surface area contributed by atoms with Crippen LogP contribution in [0.15, 0.2) is 30.6 Å². The Bertz CT molecular complexity index is 1120. The Morgan fingerprint density at radius 2 is 2.07 bits per heavy atom. The number of aromatic carboxylic acids is 1. The summed E-state index contributed by atoms with van der Waals surface area (Å²) in [5.41, 5.74) is 3.11. The average Bonchev–Trinajstić information content (AvgIpc) is 3.33. The number of fused-ring (bicyclic) bond motifs is 3. The van der Waals surface area contributed by atoms with Crippen LogP contribution < -0.4 is 0 Å². The van der Waals surface area contributed by atoms with Crippen molar-refractivity contribution in [1.82, 2.24) is 14.5 Å². The fourth-order valence-corrected chi connectivity index (χ4v) is 5.64. The number of nitrogens with zero attached hydrogens (tertiary/aromatic N) is 3. The number of aromatic nitrogens is 2. The number of piperidine rings is 1. The maximum atomic E-state index is 13.1. The van der Waals surface area contributed by atoms with Crippen molar-refractivity contribution in [3.63, 3.8) is 0 Å². The van der Waals surface area contributed by atoms with Crippen molar-refractivity contribution in [2.24, 2.45) is 0 Å². The molecule has 1 saturated heterocycles. The van der Waals surface area contributed by atoms with Crippen molar-refractivity contribution in [1.29, 1.82) is 0 Å². The fourth-order valence-electron chi connectivity index (χ4n) is 4.39. The Labute approximate surface area is 171 Å². The van der Waals surface area contributed by atoms with Gasteiger partial charge in [-0.2, -0.15) is 5.10 Å². The summed E-state index contributed by atoms with van der Waals surface area (Å²) >= 11 is 1.32. The molecule has 1 spiro atoms. The zero-order chi connectivity index (χ0) is 20.2. The highest BCUT2D eigenvalue weighted by atomic mass is 32.1. The lowest BCUT2D eigenvalue weighted by Gasteiger charge is -2.43. The fraction of sp³-hybridized carbons (Fsp3) is 0.381. The molecule has 8 heteroatoms. The zero-order valence-corrected chi connectivity index (χ0v) is 16.9. The standard InChI is InChI=1S/C21H21N3O4S/c1-13-2-3-16-15(11-22-24(16)12-13)19(25)23-7-5-21(6-8-23)18-14(4-9-28-21)10-17(29-18)20(26)27/h2-3,10-12H,4-9H2,1H3,(H,26,27). The van der Waals surface area contributed by atoms with Crippen LogP contribution in [0.3, 0.4) is 0 Å². The summed E-state index contributed by atoms with van der Waals surface area (Å²) < 4.78 is 7.93. The van der Waals surface area contributed by atoms with Gasteiger partial charge in [0.15, 0.2) is 0 Å². The monoisotopic (exact) mass is 411 g/mol. The zero-order valence-electron chi connectivity index (χ0n) is 16.1. The molecule has 0 saturated carbocycles. The number of carboxylic acid groups (broad SMARTS) is 1. The van der Waals surface area contributed by atoms with Gasteiger partial charge < -0.3 is 14.7 Å². The molecule has 2 aliphatic heterocycles. The van der Waals surface area contributed by atoms with Crippen LogP contribution >= 0.6 is 11.3 Å². The second kappa shape index (κ2) is 6.67. The molecule has 5 rings (SSSR count). The van der Waals surface area contributed by atoms with Crippen LogP contribution in [0.2, 0.25) is 0 Å². The lowest BCUT2D eigenvalue weighted by atomic mass is 9.85. The first-order valence-electron chi connectivity index (χ1n) is 9.71. The number of ether oxygens (including phenoxy) is 1. The van der Waals surface area contributed by atoms with Crippen LogP contribution in [-0.4, -0.2) is 51.2 Å². The van der Waals surface area contributed by atoms with Gasteiger partial charge in [0, 0.05) is 24.2 Å². The largest absolute Gasteiger partial charge is 0.477 e. The lowest BCUT2D eigenvalue weighted by molar-refractivity contribution is -0.0906. The summed E-state index contributed by atoms with van der Waals surface area (Å²) in [6, 6.07) is 5.69. The first kappa shape index (κ1) is 18.3. The summed E-state index contributed by atoms with van der Waals surface area (Å²) in [6.45, 7) is 3.72. The van der Waals surface area contributed by atoms with E-state index in [0.29, 0.717) is 43.0 Å². The molecule has 0 radical (unpaired) electrons. The van der Waals surface area contributed by atoms with Gasteiger partial charge in [-0.15, -0.1) is 11.3 Å². The summed E-state index contributed by atoms with van der Waals surface area (Å²) in [5.74, 6) is -0.914. The number of pyridine rings is 1. The van der Waals surface area contributed by atoms with Gasteiger partial charge in [0.1, 0.15) is 10.5 Å². The minimum atomic E-state index is -0.893. The van der Waals surface area contributed by atoms with Crippen molar-refractivity contribution in [3.05, 3.63) is 57.0 Å². The minimum absolute atomic E-state index is 0.0212. The van der Waals surface area contributed by atoms with Crippen LogP contribution in [-0.2, 0) is 16.8 Å². The van der Waals surface area contributed by atoms with Crippen molar-refractivity contribution < 1.29 is 19.4 Å². The quantitative estimate of drug-likeness (QED) is 0.701. The molecular weight excluding hydrogens is 390 g/mol. The van der Waals surface area contributed by atoms with Gasteiger partial charge in [0.05, 0.1) is 23.9 Å². The molecule has 1 amide bonds. The van der Waals surface area contributed by atoms with Crippen LogP contribution in [0, 0.1) is 6.92 Å². The van der Waals surface area contributed by atoms with Crippen molar-refractivity contribution in [2.45, 2.75) is 31.8 Å². The predicted octanol–water partition coefficient (Wildman–Crippen LogP) is 3.11. The molecule has 0 bridgehead atoms. The normalized spacial score (nSPS) is 18.2. The van der Waals surface area contributed by atoms with Crippen molar-refractivity contribution in [2.75, 3.05) is 19.7 Å². The number of hydrogen-bond acceptors (Lipinski definition) is 5. The number of rotatable bonds is 2. The molecule has 0 unspecified atom stereocenters. The number of hydrogen-bond donors (Lipinski definition) is 1. The summed E-state index contributed by atoms with van der Waals surface area (Å²) in [7, 11) is 0. The average molecular weight is 411 g/mol. The van der Waals surface area contributed by atoms with Gasteiger partial charge in [-0.05, 0) is 49.4 Å². The SMILES string of the molecule is Cc1ccc2c(C(=O)N3CCC4(CC3)OCCc3cc(C(=O)O)sc34)cnn2c1. The molecule has 0 aliphatic carbocycles. The number of thiophene rings is 1. The molecule has 29 heavy (non-hydrogen) atoms. The highest BCUT2D eigenvalue weighted by Crippen LogP contribution is 2.45. The van der Waals surface area contributed by atoms with E-state index >= 15 is 0 Å². The third-order valence-corrected chi connectivity index (χ3v) is 7.29. The molecule has 1 fully saturated rings. The molecular formula is C21H21N3O4S. The lowest BCUT2D eigenvalue weighted by Crippen LogP contribution is -2.47. The number of carbonyl (C=O) groups is 2. The van der Waals surface area contributed by atoms with E-state index in [2.05, 4.69) is 5.10 Å². The van der Waals surface area contributed by atoms with Crippen LogP contribution in [0.4, 0.5) is 0 Å². The Hall–Kier alpha value is -2.71. The Balaban J connectivity index is 1.38. The van der Waals surface area contributed by atoms with Gasteiger partial charge >= 0.3 is 5.97 Å². The molecule has 0 atom stereocenters. The minimum Gasteiger partial charge on any atom is -0.477 e. The van der Waals surface area contributed by atoms with Gasteiger partial charge in [0.2, 0.25) is 0 Å². The van der Waals surface area contributed by atoms with Gasteiger partial charge in [0.25, 0.3) is 5.91 Å². The molecule has 1 N–H and O–H groups in total. The van der Waals surface area contributed by atoms with Gasteiger partial charge in [-0.3, -0.25) is 4.79 Å². The van der Waals surface area contributed by atoms with Crippen LogP contribution in [0.1, 0.15) is 48.9 Å². The Morgan fingerprint density at radius 1 is 1.28 bits per heavy atom. The molecule has 150 valence electrons. The highest BCUT2D eigenvalue weighted by Gasteiger charge is 2.43. The first-order valence-corrected chi connectivity index (χ1v) is 10.5. The second-order valence-electron chi connectivity index (χ2n) is 7.75. The second-order valence-corrected chi connectivity index (χ2v) is 8.80. The molecule has 0 aromatic carbocycles. The topological polar surface area (TPSA) is 84.1 Å². The highest BCUT2D eigenvalue weighted by molar-refractivity contribution is 7.14. The van der Waals surface area contributed by atoms with Crippen LogP contribution in [0.5, 0.6) is 0 Å². The smallest absolute Gasteiger partial charge is 0.345 e. The molecule has 7 nitrogen and oxygen atoms in total. The van der Waals surface area contributed by atoms with Gasteiger partial charge in [-0.25, -0.2) is 9.31 Å². The Kier molecular flexibility index (Phi) is 4.22. The van der Waals surface area contributed by atoms with Gasteiger partial charge in [-0.1, -0.05) is 6.07 Å². The summed E-state index contributed by atoms with van der Waals surface area (Å²) in [5, 5.41) is 13.7. The van der Waals surface area contributed by atoms with E-state index < -0.39 is 11.6 Å². The first-order chi connectivity index (χ1) is 14.0. The van der Waals surface area contributed by atoms with E-state index in [-0.39, 0.29) is 5.91 Å². The summed E-state index contributed by atoms with van der Waals surface area (Å²) in [4.78, 5) is 27.8. The number of carbonyl (C=O) groups excluding carboxylic acids is 1. The maximum absolute atomic E-state index is 13.1. The van der Waals surface area contributed by atoms with E-state index in [1.54, 1.807) is 16.8 Å². The van der Waals surface area contributed by atoms with Crippen molar-refractivity contribution >= 4 is 28.7 Å².